The zero-order valence-corrected chi connectivity index (χ0v) is 9.80. The minimum atomic E-state index is -3.16. The smallest absolute Gasteiger partial charge is 0.215 e. The zero-order chi connectivity index (χ0) is 10.8. The predicted molar refractivity (Wildman–Crippen MR) is 55.5 cm³/mol. The summed E-state index contributed by atoms with van der Waals surface area (Å²) in [5.74, 6) is 0.144. The van der Waals surface area contributed by atoms with Gasteiger partial charge >= 0.3 is 0 Å². The Morgan fingerprint density at radius 2 is 1.79 bits per heavy atom. The Kier molecular flexibility index (Phi) is 3.92. The van der Waals surface area contributed by atoms with Crippen molar-refractivity contribution in [3.8, 4) is 0 Å². The van der Waals surface area contributed by atoms with Crippen LogP contribution in [-0.4, -0.2) is 33.4 Å². The van der Waals surface area contributed by atoms with Crippen LogP contribution in [0.5, 0.6) is 0 Å². The van der Waals surface area contributed by atoms with Gasteiger partial charge in [0.2, 0.25) is 10.0 Å². The van der Waals surface area contributed by atoms with Gasteiger partial charge in [-0.05, 0) is 11.8 Å². The molecule has 0 bridgehead atoms. The fourth-order valence-corrected chi connectivity index (χ4v) is 4.07. The third-order valence-corrected chi connectivity index (χ3v) is 4.92. The summed E-state index contributed by atoms with van der Waals surface area (Å²) in [6, 6.07) is 0. The van der Waals surface area contributed by atoms with Crippen molar-refractivity contribution < 1.29 is 13.2 Å². The molecule has 1 N–H and O–H groups in total. The maximum atomic E-state index is 11.8. The lowest BCUT2D eigenvalue weighted by Gasteiger charge is -2.33. The van der Waals surface area contributed by atoms with Crippen molar-refractivity contribution >= 4 is 10.0 Å². The molecule has 14 heavy (non-hydrogen) atoms. The maximum absolute atomic E-state index is 11.8. The molecule has 0 aliphatic carbocycles. The highest BCUT2D eigenvalue weighted by Crippen LogP contribution is 2.25. The molecule has 0 radical (unpaired) electrons. The molecule has 2 atom stereocenters. The fraction of sp³-hybridized carbons (Fsp3) is 1.00. The van der Waals surface area contributed by atoms with Crippen molar-refractivity contribution in [3.05, 3.63) is 0 Å². The molecule has 0 aromatic heterocycles. The molecular weight excluding hydrogens is 202 g/mol. The van der Waals surface area contributed by atoms with Gasteiger partial charge in [-0.2, -0.15) is 0 Å². The summed E-state index contributed by atoms with van der Waals surface area (Å²) in [4.78, 5) is 0. The standard InChI is InChI=1S/C9H19NO3S/c1-4-10-14(11,12)9-7(2)5-13-6-8(9)3/h7-10H,4-6H2,1-3H3/t7-,8-/m1/s1. The Bertz CT molecular complexity index is 266. The first-order valence-corrected chi connectivity index (χ1v) is 6.60. The summed E-state index contributed by atoms with van der Waals surface area (Å²) < 4.78 is 31.6. The second kappa shape index (κ2) is 4.59. The second-order valence-electron chi connectivity index (χ2n) is 4.00. The number of ether oxygens (including phenoxy) is 1. The Morgan fingerprint density at radius 1 is 1.29 bits per heavy atom. The SMILES string of the molecule is CCNS(=O)(=O)C1[C@H](C)COC[C@H]1C. The topological polar surface area (TPSA) is 55.4 Å². The maximum Gasteiger partial charge on any atom is 0.215 e. The fourth-order valence-electron chi connectivity index (χ4n) is 2.10. The van der Waals surface area contributed by atoms with Crippen molar-refractivity contribution in [1.29, 1.82) is 0 Å². The highest BCUT2D eigenvalue weighted by Gasteiger charge is 2.38. The number of nitrogens with one attached hydrogen (secondary N) is 1. The highest BCUT2D eigenvalue weighted by atomic mass is 32.2. The molecule has 1 aliphatic rings. The Morgan fingerprint density at radius 3 is 2.21 bits per heavy atom. The molecule has 1 saturated heterocycles. The van der Waals surface area contributed by atoms with Crippen LogP contribution in [-0.2, 0) is 14.8 Å². The summed E-state index contributed by atoms with van der Waals surface area (Å²) >= 11 is 0. The van der Waals surface area contributed by atoms with Gasteiger partial charge in [-0.25, -0.2) is 13.1 Å². The molecular formula is C9H19NO3S. The van der Waals surface area contributed by atoms with E-state index in [-0.39, 0.29) is 17.1 Å². The number of rotatable bonds is 3. The van der Waals surface area contributed by atoms with Gasteiger partial charge in [0, 0.05) is 6.54 Å². The second-order valence-corrected chi connectivity index (χ2v) is 5.92. The summed E-state index contributed by atoms with van der Waals surface area (Å²) in [5.41, 5.74) is 0. The molecule has 1 fully saturated rings. The van der Waals surface area contributed by atoms with Gasteiger partial charge < -0.3 is 4.74 Å². The van der Waals surface area contributed by atoms with Gasteiger partial charge in [-0.3, -0.25) is 0 Å². The van der Waals surface area contributed by atoms with E-state index in [4.69, 9.17) is 4.74 Å². The molecule has 84 valence electrons. The average Bonchev–Trinajstić information content (AvgIpc) is 2.02. The lowest BCUT2D eigenvalue weighted by molar-refractivity contribution is 0.0300. The largest absolute Gasteiger partial charge is 0.381 e. The highest BCUT2D eigenvalue weighted by molar-refractivity contribution is 7.90. The quantitative estimate of drug-likeness (QED) is 0.759. The zero-order valence-electron chi connectivity index (χ0n) is 8.99. The van der Waals surface area contributed by atoms with Crippen LogP contribution in [0.4, 0.5) is 0 Å². The normalized spacial score (nSPS) is 30.5. The number of hydrogen-bond donors (Lipinski definition) is 1. The van der Waals surface area contributed by atoms with Crippen LogP contribution in [0.2, 0.25) is 0 Å². The summed E-state index contributed by atoms with van der Waals surface area (Å²) in [5, 5.41) is -0.309. The van der Waals surface area contributed by atoms with E-state index in [1.54, 1.807) is 6.92 Å². The molecule has 0 unspecified atom stereocenters. The first kappa shape index (κ1) is 11.9. The predicted octanol–water partition coefficient (Wildman–Crippen LogP) is 0.597. The van der Waals surface area contributed by atoms with Gasteiger partial charge in [-0.15, -0.1) is 0 Å². The third-order valence-electron chi connectivity index (χ3n) is 2.59. The summed E-state index contributed by atoms with van der Waals surface area (Å²) in [6.45, 7) is 7.19. The Labute approximate surface area is 86.1 Å². The van der Waals surface area contributed by atoms with Gasteiger partial charge in [0.15, 0.2) is 0 Å². The first-order valence-electron chi connectivity index (χ1n) is 5.05. The lowest BCUT2D eigenvalue weighted by Crippen LogP contribution is -2.47. The Hall–Kier alpha value is -0.130. The van der Waals surface area contributed by atoms with Gasteiger partial charge in [0.1, 0.15) is 0 Å². The van der Waals surface area contributed by atoms with E-state index >= 15 is 0 Å². The van der Waals surface area contributed by atoms with Crippen LogP contribution < -0.4 is 4.72 Å². The minimum absolute atomic E-state index is 0.0720. The van der Waals surface area contributed by atoms with Crippen molar-refractivity contribution in [2.75, 3.05) is 19.8 Å². The Balaban J connectivity index is 2.82. The molecule has 0 spiro atoms. The van der Waals surface area contributed by atoms with E-state index in [1.807, 2.05) is 13.8 Å². The molecule has 0 saturated carbocycles. The van der Waals surface area contributed by atoms with Crippen molar-refractivity contribution in [1.82, 2.24) is 4.72 Å². The van der Waals surface area contributed by atoms with Crippen molar-refractivity contribution in [3.63, 3.8) is 0 Å². The van der Waals surface area contributed by atoms with Crippen LogP contribution >= 0.6 is 0 Å². The first-order chi connectivity index (χ1) is 6.49. The van der Waals surface area contributed by atoms with E-state index in [0.29, 0.717) is 19.8 Å². The van der Waals surface area contributed by atoms with Crippen LogP contribution in [0.25, 0.3) is 0 Å². The summed E-state index contributed by atoms with van der Waals surface area (Å²) in [7, 11) is -3.16. The number of sulfonamides is 1. The van der Waals surface area contributed by atoms with Crippen LogP contribution in [0.1, 0.15) is 20.8 Å². The molecule has 1 heterocycles. The van der Waals surface area contributed by atoms with Crippen LogP contribution in [0.3, 0.4) is 0 Å². The van der Waals surface area contributed by atoms with Gasteiger partial charge in [0.25, 0.3) is 0 Å². The number of hydrogen-bond acceptors (Lipinski definition) is 3. The van der Waals surface area contributed by atoms with E-state index in [0.717, 1.165) is 0 Å². The molecule has 4 nitrogen and oxygen atoms in total. The molecule has 5 heteroatoms. The van der Waals surface area contributed by atoms with Crippen LogP contribution in [0.15, 0.2) is 0 Å². The van der Waals surface area contributed by atoms with Gasteiger partial charge in [0.05, 0.1) is 18.5 Å². The van der Waals surface area contributed by atoms with Crippen molar-refractivity contribution in [2.45, 2.75) is 26.0 Å². The third kappa shape index (κ3) is 2.46. The molecule has 1 rings (SSSR count). The monoisotopic (exact) mass is 221 g/mol. The molecule has 1 aliphatic heterocycles. The van der Waals surface area contributed by atoms with E-state index < -0.39 is 10.0 Å². The van der Waals surface area contributed by atoms with E-state index in [2.05, 4.69) is 4.72 Å². The van der Waals surface area contributed by atoms with Crippen molar-refractivity contribution in [2.24, 2.45) is 11.8 Å². The average molecular weight is 221 g/mol. The van der Waals surface area contributed by atoms with E-state index in [1.165, 1.54) is 0 Å². The summed E-state index contributed by atoms with van der Waals surface area (Å²) in [6.07, 6.45) is 0. The van der Waals surface area contributed by atoms with E-state index in [9.17, 15) is 8.42 Å². The molecule has 0 aromatic rings. The van der Waals surface area contributed by atoms with Gasteiger partial charge in [-0.1, -0.05) is 20.8 Å². The lowest BCUT2D eigenvalue weighted by atomic mass is 9.95. The molecule has 0 amide bonds. The molecule has 0 aromatic carbocycles. The minimum Gasteiger partial charge on any atom is -0.381 e. The van der Waals surface area contributed by atoms with Crippen LogP contribution in [0, 0.1) is 11.8 Å².